The second kappa shape index (κ2) is 16.7. The van der Waals surface area contributed by atoms with E-state index in [-0.39, 0.29) is 26.0 Å². The van der Waals surface area contributed by atoms with Crippen molar-refractivity contribution in [1.82, 2.24) is 5.32 Å². The number of hydrogen-bond acceptors (Lipinski definition) is 11. The topological polar surface area (TPSA) is 154 Å². The molecule has 2 rings (SSSR count). The first-order valence-electron chi connectivity index (χ1n) is 14.6. The van der Waals surface area contributed by atoms with Gasteiger partial charge in [0.15, 0.2) is 11.3 Å². The van der Waals surface area contributed by atoms with Crippen LogP contribution in [0.3, 0.4) is 0 Å². The Morgan fingerprint density at radius 1 is 0.977 bits per heavy atom. The fourth-order valence-electron chi connectivity index (χ4n) is 4.54. The minimum Gasteiger partial charge on any atom is -0.469 e. The summed E-state index contributed by atoms with van der Waals surface area (Å²) in [5, 5.41) is 2.07. The Labute approximate surface area is 264 Å². The lowest BCUT2D eigenvalue weighted by atomic mass is 9.80. The molecule has 1 aromatic carbocycles. The van der Waals surface area contributed by atoms with Gasteiger partial charge in [-0.15, -0.1) is 11.3 Å². The van der Waals surface area contributed by atoms with Crippen molar-refractivity contribution in [1.29, 1.82) is 0 Å². The van der Waals surface area contributed by atoms with E-state index in [0.29, 0.717) is 28.5 Å². The molecule has 0 fully saturated rings. The van der Waals surface area contributed by atoms with Gasteiger partial charge in [0.2, 0.25) is 0 Å². The molecule has 13 heteroatoms. The number of esters is 2. The predicted octanol–water partition coefficient (Wildman–Crippen LogP) is 5.47. The van der Waals surface area contributed by atoms with Crippen LogP contribution in [0.4, 0.5) is 9.80 Å². The predicted molar refractivity (Wildman–Crippen MR) is 170 cm³/mol. The van der Waals surface area contributed by atoms with Crippen LogP contribution in [-0.4, -0.2) is 57.8 Å². The Balaban J connectivity index is 2.35. The summed E-state index contributed by atoms with van der Waals surface area (Å²) in [5.41, 5.74) is 0.369. The standard InChI is InChI=1S/C31H44N2O9S2/c1-8-9-16-42-30(37)44(38,39)33-28-25(18-24(43-28)17-20(2)3)23-12-10-22(11-13-23)19-32-31(21(4)5,29(36)41-7)26(34)14-15-27(35)40-6/h10-13,18,20-21,32-33H,8-9,14-17,19H2,1-7H3. The van der Waals surface area contributed by atoms with Gasteiger partial charge >= 0.3 is 27.3 Å². The van der Waals surface area contributed by atoms with Crippen LogP contribution in [0.2, 0.25) is 0 Å². The number of thiophene rings is 1. The highest BCUT2D eigenvalue weighted by atomic mass is 32.2. The van der Waals surface area contributed by atoms with E-state index in [1.165, 1.54) is 25.6 Å². The molecule has 1 atom stereocenters. The van der Waals surface area contributed by atoms with Crippen LogP contribution in [0.25, 0.3) is 11.1 Å². The van der Waals surface area contributed by atoms with Crippen molar-refractivity contribution in [3.63, 3.8) is 0 Å². The summed E-state index contributed by atoms with van der Waals surface area (Å²) in [6.07, 6.45) is 1.67. The number of hydrogen-bond donors (Lipinski definition) is 2. The van der Waals surface area contributed by atoms with Crippen LogP contribution in [0.1, 0.15) is 70.7 Å². The third-order valence-electron chi connectivity index (χ3n) is 6.99. The minimum atomic E-state index is -4.43. The summed E-state index contributed by atoms with van der Waals surface area (Å²) >= 11 is 1.26. The summed E-state index contributed by atoms with van der Waals surface area (Å²) in [7, 11) is -2.00. The number of ketones is 1. The van der Waals surface area contributed by atoms with Gasteiger partial charge in [-0.3, -0.25) is 19.6 Å². The SMILES string of the molecule is CCCCOC(=O)S(=O)(=O)Nc1sc(CC(C)C)cc1-c1ccc(CNC(C(=O)CCC(=O)OC)(C(=O)OC)C(C)C)cc1. The first-order valence-corrected chi connectivity index (χ1v) is 16.9. The summed E-state index contributed by atoms with van der Waals surface area (Å²) < 4.78 is 42.5. The van der Waals surface area contributed by atoms with Crippen molar-refractivity contribution in [2.75, 3.05) is 25.5 Å². The van der Waals surface area contributed by atoms with E-state index in [2.05, 4.69) is 28.6 Å². The summed E-state index contributed by atoms with van der Waals surface area (Å²) in [4.78, 5) is 51.1. The maximum Gasteiger partial charge on any atom is 0.445 e. The van der Waals surface area contributed by atoms with E-state index in [1.807, 2.05) is 13.0 Å². The number of anilines is 1. The zero-order valence-corrected chi connectivity index (χ0v) is 28.1. The minimum absolute atomic E-state index is 0.0204. The molecule has 0 saturated carbocycles. The van der Waals surface area contributed by atoms with Gasteiger partial charge in [0.1, 0.15) is 5.00 Å². The third kappa shape index (κ3) is 9.60. The molecular formula is C31H44N2O9S2. The Morgan fingerprint density at radius 3 is 2.18 bits per heavy atom. The van der Waals surface area contributed by atoms with E-state index < -0.39 is 44.5 Å². The fourth-order valence-corrected chi connectivity index (χ4v) is 6.86. The number of carbonyl (C=O) groups excluding carboxylic acids is 4. The van der Waals surface area contributed by atoms with Crippen LogP contribution in [0.15, 0.2) is 30.3 Å². The molecule has 2 N–H and O–H groups in total. The van der Waals surface area contributed by atoms with Gasteiger partial charge < -0.3 is 14.2 Å². The van der Waals surface area contributed by atoms with Gasteiger partial charge in [0.25, 0.3) is 0 Å². The number of rotatable bonds is 17. The van der Waals surface area contributed by atoms with Gasteiger partial charge in [0.05, 0.1) is 27.2 Å². The molecule has 0 bridgehead atoms. The number of methoxy groups -OCH3 is 2. The molecule has 1 unspecified atom stereocenters. The van der Waals surface area contributed by atoms with E-state index in [0.717, 1.165) is 23.3 Å². The number of benzene rings is 1. The Hall–Kier alpha value is -3.29. The van der Waals surface area contributed by atoms with Crippen LogP contribution < -0.4 is 10.0 Å². The number of unbranched alkanes of at least 4 members (excludes halogenated alkanes) is 1. The first kappa shape index (κ1) is 36.9. The maximum atomic E-state index is 13.3. The second-order valence-electron chi connectivity index (χ2n) is 11.1. The van der Waals surface area contributed by atoms with Gasteiger partial charge in [-0.05, 0) is 41.9 Å². The van der Waals surface area contributed by atoms with Crippen molar-refractivity contribution < 1.29 is 41.8 Å². The quantitative estimate of drug-likeness (QED) is 0.0973. The highest BCUT2D eigenvalue weighted by Crippen LogP contribution is 2.38. The molecule has 0 saturated heterocycles. The number of Topliss-reactive ketones (excluding diaryl/α,β-unsaturated/α-hetero) is 1. The zero-order valence-electron chi connectivity index (χ0n) is 26.5. The Bertz CT molecular complexity index is 1400. The monoisotopic (exact) mass is 652 g/mol. The van der Waals surface area contributed by atoms with E-state index in [4.69, 9.17) is 9.47 Å². The van der Waals surface area contributed by atoms with E-state index >= 15 is 0 Å². The van der Waals surface area contributed by atoms with Gasteiger partial charge in [-0.1, -0.05) is 65.3 Å². The highest BCUT2D eigenvalue weighted by Gasteiger charge is 2.48. The number of sulfonamides is 1. The van der Waals surface area contributed by atoms with Crippen LogP contribution in [-0.2, 0) is 51.6 Å². The lowest BCUT2D eigenvalue weighted by Gasteiger charge is -2.34. The average molecular weight is 653 g/mol. The molecule has 0 aliphatic carbocycles. The van der Waals surface area contributed by atoms with Crippen LogP contribution in [0.5, 0.6) is 0 Å². The number of ether oxygens (including phenoxy) is 3. The molecule has 244 valence electrons. The molecule has 44 heavy (non-hydrogen) atoms. The molecule has 0 aliphatic rings. The van der Waals surface area contributed by atoms with Crippen LogP contribution in [0, 0.1) is 11.8 Å². The van der Waals surface area contributed by atoms with Gasteiger partial charge in [-0.25, -0.2) is 9.59 Å². The average Bonchev–Trinajstić information content (AvgIpc) is 3.36. The van der Waals surface area contributed by atoms with Crippen molar-refractivity contribution in [2.24, 2.45) is 11.8 Å². The molecule has 0 aliphatic heterocycles. The summed E-state index contributed by atoms with van der Waals surface area (Å²) in [6, 6.07) is 9.08. The number of carbonyl (C=O) groups is 4. The molecule has 11 nitrogen and oxygen atoms in total. The number of nitrogens with one attached hydrogen (secondary N) is 2. The van der Waals surface area contributed by atoms with Gasteiger partial charge in [0, 0.05) is 23.4 Å². The summed E-state index contributed by atoms with van der Waals surface area (Å²) in [6.45, 7) is 9.61. The lowest BCUT2D eigenvalue weighted by Crippen LogP contribution is -2.62. The third-order valence-corrected chi connectivity index (χ3v) is 9.22. The largest absolute Gasteiger partial charge is 0.469 e. The lowest BCUT2D eigenvalue weighted by molar-refractivity contribution is -0.157. The van der Waals surface area contributed by atoms with Crippen LogP contribution >= 0.6 is 11.3 Å². The smallest absolute Gasteiger partial charge is 0.445 e. The molecule has 1 aromatic heterocycles. The first-order chi connectivity index (χ1) is 20.7. The molecule has 2 aromatic rings. The molecular weight excluding hydrogens is 608 g/mol. The van der Waals surface area contributed by atoms with E-state index in [9.17, 15) is 27.6 Å². The molecule has 0 spiro atoms. The second-order valence-corrected chi connectivity index (χ2v) is 13.8. The van der Waals surface area contributed by atoms with E-state index in [1.54, 1.807) is 38.1 Å². The van der Waals surface area contributed by atoms with Crippen molar-refractivity contribution in [3.8, 4) is 11.1 Å². The highest BCUT2D eigenvalue weighted by molar-refractivity contribution is 8.07. The van der Waals surface area contributed by atoms with Gasteiger partial charge in [-0.2, -0.15) is 8.42 Å². The molecule has 0 radical (unpaired) electrons. The van der Waals surface area contributed by atoms with Crippen molar-refractivity contribution in [2.45, 2.75) is 78.8 Å². The Morgan fingerprint density at radius 2 is 1.64 bits per heavy atom. The fraction of sp³-hybridized carbons (Fsp3) is 0.548. The molecule has 0 amide bonds. The van der Waals surface area contributed by atoms with Crippen molar-refractivity contribution >= 4 is 49.4 Å². The maximum absolute atomic E-state index is 13.3. The summed E-state index contributed by atoms with van der Waals surface area (Å²) in [5.74, 6) is -1.96. The Kier molecular flexibility index (Phi) is 14.0. The normalized spacial score (nSPS) is 12.9. The van der Waals surface area contributed by atoms with Crippen molar-refractivity contribution in [3.05, 3.63) is 40.8 Å². The zero-order chi connectivity index (χ0) is 33.1. The molecule has 1 heterocycles.